The standard InChI is InChI=1S/C15H16ClN3O4S2/c1-8-14(19-23-18-8)17-15(20)10-5-6-11(25(2,21)22)13(12(10)16)24-7-9-3-4-9/h5-6,9H,3-4,7H2,1-2H3,(H,17,19,20). The van der Waals surface area contributed by atoms with Gasteiger partial charge in [0.25, 0.3) is 5.91 Å². The molecule has 134 valence electrons. The summed E-state index contributed by atoms with van der Waals surface area (Å²) in [7, 11) is -3.46. The molecule has 2 aromatic rings. The number of carbonyl (C=O) groups is 1. The van der Waals surface area contributed by atoms with Crippen molar-refractivity contribution in [2.75, 3.05) is 17.3 Å². The summed E-state index contributed by atoms with van der Waals surface area (Å²) < 4.78 is 28.6. The third kappa shape index (κ3) is 4.16. The van der Waals surface area contributed by atoms with E-state index in [1.807, 2.05) is 0 Å². The van der Waals surface area contributed by atoms with E-state index in [1.165, 1.54) is 23.9 Å². The van der Waals surface area contributed by atoms with Gasteiger partial charge in [0.1, 0.15) is 5.69 Å². The number of rotatable bonds is 6. The first-order valence-electron chi connectivity index (χ1n) is 7.53. The van der Waals surface area contributed by atoms with E-state index >= 15 is 0 Å². The van der Waals surface area contributed by atoms with Gasteiger partial charge in [-0.15, -0.1) is 11.8 Å². The first kappa shape index (κ1) is 18.2. The Hall–Kier alpha value is -1.58. The number of nitrogens with zero attached hydrogens (tertiary/aromatic N) is 2. The van der Waals surface area contributed by atoms with Crippen molar-refractivity contribution in [3.05, 3.63) is 28.4 Å². The lowest BCUT2D eigenvalue weighted by Crippen LogP contribution is -2.14. The lowest BCUT2D eigenvalue weighted by molar-refractivity contribution is 0.102. The van der Waals surface area contributed by atoms with Crippen LogP contribution in [-0.4, -0.2) is 36.6 Å². The summed E-state index contributed by atoms with van der Waals surface area (Å²) >= 11 is 7.77. The Morgan fingerprint density at radius 2 is 2.12 bits per heavy atom. The molecule has 0 unspecified atom stereocenters. The molecule has 0 aliphatic heterocycles. The fourth-order valence-electron chi connectivity index (χ4n) is 2.15. The van der Waals surface area contributed by atoms with Gasteiger partial charge in [-0.1, -0.05) is 16.8 Å². The minimum Gasteiger partial charge on any atom is -0.302 e. The van der Waals surface area contributed by atoms with Gasteiger partial charge >= 0.3 is 0 Å². The summed E-state index contributed by atoms with van der Waals surface area (Å²) in [6.07, 6.45) is 3.40. The van der Waals surface area contributed by atoms with E-state index in [0.29, 0.717) is 16.5 Å². The van der Waals surface area contributed by atoms with E-state index in [0.717, 1.165) is 24.9 Å². The number of halogens is 1. The Balaban J connectivity index is 1.95. The number of carbonyl (C=O) groups excluding carboxylic acids is 1. The highest BCUT2D eigenvalue weighted by Gasteiger charge is 2.26. The van der Waals surface area contributed by atoms with Crippen LogP contribution in [0.4, 0.5) is 5.82 Å². The molecule has 3 rings (SSSR count). The number of aryl methyl sites for hydroxylation is 1. The molecule has 10 heteroatoms. The van der Waals surface area contributed by atoms with Gasteiger partial charge in [0.2, 0.25) is 5.82 Å². The van der Waals surface area contributed by atoms with E-state index in [1.54, 1.807) is 6.92 Å². The van der Waals surface area contributed by atoms with Crippen molar-refractivity contribution >= 4 is 44.9 Å². The highest BCUT2D eigenvalue weighted by atomic mass is 35.5. The summed E-state index contributed by atoms with van der Waals surface area (Å²) in [6.45, 7) is 1.64. The molecule has 1 saturated carbocycles. The van der Waals surface area contributed by atoms with Crippen LogP contribution in [0, 0.1) is 12.8 Å². The maximum atomic E-state index is 12.5. The molecule has 1 aromatic carbocycles. The molecule has 1 fully saturated rings. The predicted octanol–water partition coefficient (Wildman–Crippen LogP) is 3.19. The summed E-state index contributed by atoms with van der Waals surface area (Å²) in [4.78, 5) is 13.0. The molecule has 1 N–H and O–H groups in total. The number of thioether (sulfide) groups is 1. The number of amides is 1. The predicted molar refractivity (Wildman–Crippen MR) is 95.0 cm³/mol. The van der Waals surface area contributed by atoms with Crippen molar-refractivity contribution in [2.45, 2.75) is 29.6 Å². The van der Waals surface area contributed by atoms with Crippen molar-refractivity contribution in [1.82, 2.24) is 10.3 Å². The van der Waals surface area contributed by atoms with Gasteiger partial charge < -0.3 is 5.32 Å². The van der Waals surface area contributed by atoms with Crippen LogP contribution >= 0.6 is 23.4 Å². The van der Waals surface area contributed by atoms with Crippen LogP contribution in [0.1, 0.15) is 28.9 Å². The molecule has 1 aromatic heterocycles. The average molecular weight is 402 g/mol. The fraction of sp³-hybridized carbons (Fsp3) is 0.400. The Kier molecular flexibility index (Phi) is 5.08. The van der Waals surface area contributed by atoms with Gasteiger partial charge in [-0.3, -0.25) is 4.79 Å². The average Bonchev–Trinajstić information content (AvgIpc) is 3.27. The van der Waals surface area contributed by atoms with Crippen LogP contribution in [0.25, 0.3) is 0 Å². The van der Waals surface area contributed by atoms with Gasteiger partial charge in [-0.25, -0.2) is 13.0 Å². The summed E-state index contributed by atoms with van der Waals surface area (Å²) in [5, 5.41) is 9.87. The molecule has 0 atom stereocenters. The zero-order valence-electron chi connectivity index (χ0n) is 13.6. The lowest BCUT2D eigenvalue weighted by Gasteiger charge is -2.13. The topological polar surface area (TPSA) is 102 Å². The maximum absolute atomic E-state index is 12.5. The number of aromatic nitrogens is 2. The molecule has 25 heavy (non-hydrogen) atoms. The number of anilines is 1. The van der Waals surface area contributed by atoms with Crippen LogP contribution in [-0.2, 0) is 9.84 Å². The molecule has 1 amide bonds. The normalized spacial score (nSPS) is 14.5. The van der Waals surface area contributed by atoms with Crippen LogP contribution in [0.15, 0.2) is 26.6 Å². The van der Waals surface area contributed by atoms with Crippen molar-refractivity contribution < 1.29 is 17.8 Å². The van der Waals surface area contributed by atoms with Crippen LogP contribution in [0.5, 0.6) is 0 Å². The molecule has 0 bridgehead atoms. The Morgan fingerprint density at radius 3 is 2.68 bits per heavy atom. The van der Waals surface area contributed by atoms with Crippen molar-refractivity contribution in [1.29, 1.82) is 0 Å². The minimum atomic E-state index is -3.46. The van der Waals surface area contributed by atoms with Gasteiger partial charge in [-0.05, 0) is 43.0 Å². The monoisotopic (exact) mass is 401 g/mol. The summed E-state index contributed by atoms with van der Waals surface area (Å²) in [5.41, 5.74) is 0.607. The Labute approximate surface area is 154 Å². The SMILES string of the molecule is Cc1nonc1NC(=O)c1ccc(S(C)(=O)=O)c(SCC2CC2)c1Cl. The van der Waals surface area contributed by atoms with Crippen LogP contribution in [0.3, 0.4) is 0 Å². The van der Waals surface area contributed by atoms with Gasteiger partial charge in [-0.2, -0.15) is 0 Å². The van der Waals surface area contributed by atoms with E-state index in [9.17, 15) is 13.2 Å². The second kappa shape index (κ2) is 6.97. The third-order valence-corrected chi connectivity index (χ3v) is 6.87. The highest BCUT2D eigenvalue weighted by Crippen LogP contribution is 2.41. The zero-order valence-corrected chi connectivity index (χ0v) is 16.0. The molecular formula is C15H16ClN3O4S2. The minimum absolute atomic E-state index is 0.125. The van der Waals surface area contributed by atoms with Crippen LogP contribution in [0.2, 0.25) is 5.02 Å². The molecule has 0 saturated heterocycles. The second-order valence-electron chi connectivity index (χ2n) is 5.93. The van der Waals surface area contributed by atoms with Crippen molar-refractivity contribution in [2.24, 2.45) is 5.92 Å². The molecule has 7 nitrogen and oxygen atoms in total. The highest BCUT2D eigenvalue weighted by molar-refractivity contribution is 8.00. The van der Waals surface area contributed by atoms with E-state index in [-0.39, 0.29) is 21.3 Å². The molecule has 0 radical (unpaired) electrons. The zero-order chi connectivity index (χ0) is 18.2. The molecule has 0 spiro atoms. The second-order valence-corrected chi connectivity index (χ2v) is 9.33. The first-order valence-corrected chi connectivity index (χ1v) is 10.8. The fourth-order valence-corrected chi connectivity index (χ4v) is 5.18. The molecule has 1 heterocycles. The quantitative estimate of drug-likeness (QED) is 0.741. The van der Waals surface area contributed by atoms with Gasteiger partial charge in [0.05, 0.1) is 15.5 Å². The molecular weight excluding hydrogens is 386 g/mol. The lowest BCUT2D eigenvalue weighted by atomic mass is 10.2. The van der Waals surface area contributed by atoms with Gasteiger partial charge in [0.15, 0.2) is 9.84 Å². The van der Waals surface area contributed by atoms with Crippen molar-refractivity contribution in [3.8, 4) is 0 Å². The summed E-state index contributed by atoms with van der Waals surface area (Å²) in [6, 6.07) is 2.82. The molecule has 1 aliphatic carbocycles. The third-order valence-electron chi connectivity index (χ3n) is 3.75. The number of sulfone groups is 1. The first-order chi connectivity index (χ1) is 11.8. The van der Waals surface area contributed by atoms with Crippen molar-refractivity contribution in [3.63, 3.8) is 0 Å². The number of hydrogen-bond donors (Lipinski definition) is 1. The van der Waals surface area contributed by atoms with E-state index in [2.05, 4.69) is 20.3 Å². The number of benzene rings is 1. The van der Waals surface area contributed by atoms with E-state index in [4.69, 9.17) is 11.6 Å². The Morgan fingerprint density at radius 1 is 1.40 bits per heavy atom. The van der Waals surface area contributed by atoms with Crippen LogP contribution < -0.4 is 5.32 Å². The number of hydrogen-bond acceptors (Lipinski definition) is 7. The van der Waals surface area contributed by atoms with Gasteiger partial charge in [0, 0.05) is 16.9 Å². The maximum Gasteiger partial charge on any atom is 0.258 e. The number of nitrogens with one attached hydrogen (secondary N) is 1. The molecule has 1 aliphatic rings. The largest absolute Gasteiger partial charge is 0.302 e. The smallest absolute Gasteiger partial charge is 0.258 e. The summed E-state index contributed by atoms with van der Waals surface area (Å²) in [5.74, 6) is 1.05. The Bertz CT molecular complexity index is 923. The van der Waals surface area contributed by atoms with E-state index < -0.39 is 15.7 Å².